The summed E-state index contributed by atoms with van der Waals surface area (Å²) in [6, 6.07) is 4.96. The van der Waals surface area contributed by atoms with Crippen molar-refractivity contribution < 1.29 is 57.9 Å². The average Bonchev–Trinajstić information content (AvgIpc) is 3.57. The molecule has 2 saturated heterocycles. The fourth-order valence-electron chi connectivity index (χ4n) is 4.88. The fraction of sp³-hybridized carbons (Fsp3) is 0.500. The first kappa shape index (κ1) is 32.8. The normalized spacial score (nSPS) is 25.3. The lowest BCUT2D eigenvalue weighted by Gasteiger charge is -2.31. The summed E-state index contributed by atoms with van der Waals surface area (Å²) in [5.41, 5.74) is 0.154. The van der Waals surface area contributed by atoms with Gasteiger partial charge in [0.25, 0.3) is 0 Å². The Morgan fingerprint density at radius 3 is 2.64 bits per heavy atom. The Balaban J connectivity index is 1.40. The Morgan fingerprint density at radius 1 is 1.18 bits per heavy atom. The highest BCUT2D eigenvalue weighted by Crippen LogP contribution is 2.32. The van der Waals surface area contributed by atoms with E-state index in [0.717, 1.165) is 6.08 Å². The third-order valence-corrected chi connectivity index (χ3v) is 7.29. The molecule has 2 amide bonds. The monoisotopic (exact) mass is 616 g/mol. The van der Waals surface area contributed by atoms with Crippen LogP contribution in [-0.4, -0.2) is 103 Å². The second kappa shape index (κ2) is 14.1. The predicted molar refractivity (Wildman–Crippen MR) is 150 cm³/mol. The third kappa shape index (κ3) is 7.88. The van der Waals surface area contributed by atoms with Gasteiger partial charge in [-0.1, -0.05) is 26.0 Å². The van der Waals surface area contributed by atoms with Crippen LogP contribution in [0.4, 0.5) is 0 Å². The van der Waals surface area contributed by atoms with Gasteiger partial charge in [-0.25, -0.2) is 14.4 Å². The van der Waals surface area contributed by atoms with E-state index in [1.54, 1.807) is 26.0 Å². The van der Waals surface area contributed by atoms with E-state index in [4.69, 9.17) is 28.8 Å². The number of ether oxygens (including phenoxy) is 5. The van der Waals surface area contributed by atoms with Gasteiger partial charge in [-0.15, -0.1) is 0 Å². The highest BCUT2D eigenvalue weighted by Gasteiger charge is 2.46. The first-order valence-corrected chi connectivity index (χ1v) is 14.1. The molecule has 14 nitrogen and oxygen atoms in total. The molecule has 2 fully saturated rings. The molecule has 238 valence electrons. The van der Waals surface area contributed by atoms with Gasteiger partial charge in [0.15, 0.2) is 0 Å². The molecule has 0 radical (unpaired) electrons. The summed E-state index contributed by atoms with van der Waals surface area (Å²) in [5, 5.41) is 23.9. The number of amides is 2. The molecule has 4 N–H and O–H groups in total. The van der Waals surface area contributed by atoms with Crippen LogP contribution in [0.5, 0.6) is 0 Å². The highest BCUT2D eigenvalue weighted by molar-refractivity contribution is 5.98. The van der Waals surface area contributed by atoms with Crippen LogP contribution < -0.4 is 10.6 Å². The number of carbonyl (C=O) groups is 5. The number of aliphatic hydroxyl groups is 2. The van der Waals surface area contributed by atoms with Crippen molar-refractivity contribution in [1.82, 2.24) is 10.6 Å². The lowest BCUT2D eigenvalue weighted by Crippen LogP contribution is -2.54. The van der Waals surface area contributed by atoms with Crippen LogP contribution in [-0.2, 0) is 42.9 Å². The SMILES string of the molecule is CC(O)C(NC(=O)C1=CC2OCOC2C(OC(=O)c2cccc(C=CC(=O)OC3C(=O)OCC3(C)C)c2)C1)C(=O)NCCO. The summed E-state index contributed by atoms with van der Waals surface area (Å²) in [5.74, 6) is -3.41. The minimum Gasteiger partial charge on any atom is -0.462 e. The Morgan fingerprint density at radius 2 is 1.95 bits per heavy atom. The molecule has 14 heteroatoms. The Hall–Kier alpha value is -4.11. The van der Waals surface area contributed by atoms with Gasteiger partial charge in [0.1, 0.15) is 37.8 Å². The molecule has 1 aromatic carbocycles. The lowest BCUT2D eigenvalue weighted by atomic mass is 9.90. The van der Waals surface area contributed by atoms with E-state index in [2.05, 4.69) is 10.6 Å². The summed E-state index contributed by atoms with van der Waals surface area (Å²) in [7, 11) is 0. The Bertz CT molecular complexity index is 1340. The second-order valence-electron chi connectivity index (χ2n) is 11.3. The van der Waals surface area contributed by atoms with Crippen molar-refractivity contribution in [2.24, 2.45) is 5.41 Å². The number of benzene rings is 1. The first-order chi connectivity index (χ1) is 20.9. The molecule has 6 atom stereocenters. The maximum atomic E-state index is 13.2. The maximum absolute atomic E-state index is 13.2. The molecule has 44 heavy (non-hydrogen) atoms. The number of hydrogen-bond acceptors (Lipinski definition) is 12. The number of aliphatic hydroxyl groups excluding tert-OH is 2. The summed E-state index contributed by atoms with van der Waals surface area (Å²) in [4.78, 5) is 62.8. The van der Waals surface area contributed by atoms with Gasteiger partial charge in [-0.3, -0.25) is 9.59 Å². The van der Waals surface area contributed by atoms with Crippen molar-refractivity contribution in [1.29, 1.82) is 0 Å². The topological polar surface area (TPSA) is 196 Å². The fourth-order valence-corrected chi connectivity index (χ4v) is 4.88. The molecule has 4 rings (SSSR count). The van der Waals surface area contributed by atoms with Crippen LogP contribution in [0.3, 0.4) is 0 Å². The maximum Gasteiger partial charge on any atom is 0.348 e. The van der Waals surface area contributed by atoms with Gasteiger partial charge in [0.05, 0.1) is 18.3 Å². The van der Waals surface area contributed by atoms with Gasteiger partial charge < -0.3 is 44.5 Å². The third-order valence-electron chi connectivity index (χ3n) is 7.29. The van der Waals surface area contributed by atoms with Crippen molar-refractivity contribution >= 4 is 35.8 Å². The summed E-state index contributed by atoms with van der Waals surface area (Å²) >= 11 is 0. The zero-order valence-electron chi connectivity index (χ0n) is 24.5. The summed E-state index contributed by atoms with van der Waals surface area (Å²) < 4.78 is 27.1. The summed E-state index contributed by atoms with van der Waals surface area (Å²) in [6.45, 7) is 4.54. The minimum absolute atomic E-state index is 0.0517. The van der Waals surface area contributed by atoms with Crippen LogP contribution in [0.15, 0.2) is 42.0 Å². The van der Waals surface area contributed by atoms with Crippen LogP contribution >= 0.6 is 0 Å². The zero-order chi connectivity index (χ0) is 32.0. The molecule has 6 unspecified atom stereocenters. The van der Waals surface area contributed by atoms with E-state index in [1.807, 2.05) is 0 Å². The minimum atomic E-state index is -1.29. The largest absolute Gasteiger partial charge is 0.462 e. The molecule has 1 aromatic rings. The number of carbonyl (C=O) groups excluding carboxylic acids is 5. The van der Waals surface area contributed by atoms with Crippen molar-refractivity contribution in [3.05, 3.63) is 53.1 Å². The predicted octanol–water partition coefficient (Wildman–Crippen LogP) is -0.234. The number of esters is 3. The van der Waals surface area contributed by atoms with Crippen molar-refractivity contribution in [3.8, 4) is 0 Å². The van der Waals surface area contributed by atoms with Crippen LogP contribution in [0.25, 0.3) is 6.08 Å². The van der Waals surface area contributed by atoms with Gasteiger partial charge >= 0.3 is 17.9 Å². The van der Waals surface area contributed by atoms with E-state index in [0.29, 0.717) is 5.56 Å². The van der Waals surface area contributed by atoms with Crippen LogP contribution in [0, 0.1) is 5.41 Å². The quantitative estimate of drug-likeness (QED) is 0.145. The number of fused-ring (bicyclic) bond motifs is 1. The standard InChI is InChI=1S/C30H36N2O12/c1-16(34)23(27(37)31-9-10-33)32-26(36)19-12-20-24(42-15-41-20)21(13-19)43-28(38)18-6-4-5-17(11-18)7-8-22(35)44-25-29(39)40-14-30(25,2)3/h4-8,11-12,16,20-21,23-25,33-34H,9-10,13-15H2,1-3H3,(H,31,37)(H,32,36). The van der Waals surface area contributed by atoms with Crippen molar-refractivity contribution in [3.63, 3.8) is 0 Å². The number of rotatable bonds is 11. The van der Waals surface area contributed by atoms with Gasteiger partial charge in [0.2, 0.25) is 17.9 Å². The van der Waals surface area contributed by atoms with E-state index >= 15 is 0 Å². The van der Waals surface area contributed by atoms with Gasteiger partial charge in [-0.05, 0) is 36.8 Å². The molecule has 0 spiro atoms. The van der Waals surface area contributed by atoms with E-state index in [-0.39, 0.29) is 44.1 Å². The Kier molecular flexibility index (Phi) is 10.5. The number of cyclic esters (lactones) is 1. The number of hydrogen-bond donors (Lipinski definition) is 4. The van der Waals surface area contributed by atoms with Crippen LogP contribution in [0.1, 0.15) is 43.1 Å². The van der Waals surface area contributed by atoms with E-state index in [9.17, 15) is 29.1 Å². The highest BCUT2D eigenvalue weighted by atomic mass is 16.7. The molecular formula is C30H36N2O12. The molecule has 0 bridgehead atoms. The zero-order valence-corrected chi connectivity index (χ0v) is 24.5. The smallest absolute Gasteiger partial charge is 0.348 e. The first-order valence-electron chi connectivity index (χ1n) is 14.1. The number of nitrogens with one attached hydrogen (secondary N) is 2. The second-order valence-corrected chi connectivity index (χ2v) is 11.3. The molecule has 0 saturated carbocycles. The molecule has 2 heterocycles. The van der Waals surface area contributed by atoms with E-state index in [1.165, 1.54) is 31.2 Å². The van der Waals surface area contributed by atoms with Gasteiger partial charge in [-0.2, -0.15) is 0 Å². The molecular weight excluding hydrogens is 580 g/mol. The van der Waals surface area contributed by atoms with E-state index < -0.39 is 71.7 Å². The van der Waals surface area contributed by atoms with Gasteiger partial charge in [0, 0.05) is 30.0 Å². The molecule has 3 aliphatic rings. The molecule has 2 aliphatic heterocycles. The molecule has 0 aromatic heterocycles. The lowest BCUT2D eigenvalue weighted by molar-refractivity contribution is -0.159. The Labute approximate surface area is 253 Å². The average molecular weight is 617 g/mol. The van der Waals surface area contributed by atoms with Crippen molar-refractivity contribution in [2.45, 2.75) is 63.8 Å². The molecule has 1 aliphatic carbocycles. The van der Waals surface area contributed by atoms with Crippen LogP contribution in [0.2, 0.25) is 0 Å². The summed E-state index contributed by atoms with van der Waals surface area (Å²) in [6.07, 6.45) is -0.514. The van der Waals surface area contributed by atoms with Crippen molar-refractivity contribution in [2.75, 3.05) is 26.6 Å².